The predicted octanol–water partition coefficient (Wildman–Crippen LogP) is 7.92. The lowest BCUT2D eigenvalue weighted by molar-refractivity contribution is 0.0601. The zero-order chi connectivity index (χ0) is 28.5. The van der Waals surface area contributed by atoms with Gasteiger partial charge < -0.3 is 14.6 Å². The highest BCUT2D eigenvalue weighted by atomic mass is 16.5. The summed E-state index contributed by atoms with van der Waals surface area (Å²) in [5.41, 5.74) is 7.27. The summed E-state index contributed by atoms with van der Waals surface area (Å²) >= 11 is 0. The van der Waals surface area contributed by atoms with Gasteiger partial charge in [-0.1, -0.05) is 79.9 Å². The van der Waals surface area contributed by atoms with Gasteiger partial charge in [-0.2, -0.15) is 0 Å². The van der Waals surface area contributed by atoms with E-state index in [9.17, 15) is 4.79 Å². The van der Waals surface area contributed by atoms with E-state index in [2.05, 4.69) is 69.0 Å². The molecule has 0 aliphatic heterocycles. The molecule has 0 spiro atoms. The first kappa shape index (κ1) is 26.0. The van der Waals surface area contributed by atoms with Gasteiger partial charge in [0.1, 0.15) is 23.0 Å². The molecule has 0 amide bonds. The van der Waals surface area contributed by atoms with Crippen LogP contribution in [0, 0.1) is 0 Å². The van der Waals surface area contributed by atoms with Crippen molar-refractivity contribution in [3.63, 3.8) is 0 Å². The summed E-state index contributed by atoms with van der Waals surface area (Å²) in [6.45, 7) is 0.676. The van der Waals surface area contributed by atoms with Crippen LogP contribution in [0.25, 0.3) is 39.3 Å². The van der Waals surface area contributed by atoms with Crippen LogP contribution in [0.2, 0.25) is 0 Å². The van der Waals surface area contributed by atoms with Crippen molar-refractivity contribution in [1.29, 1.82) is 0 Å². The van der Waals surface area contributed by atoms with Crippen LogP contribution in [0.3, 0.4) is 0 Å². The topological polar surface area (TPSA) is 73.4 Å². The summed E-state index contributed by atoms with van der Waals surface area (Å²) in [6, 6.07) is 30.9. The number of fused-ring (bicyclic) bond motifs is 2. The zero-order valence-electron chi connectivity index (χ0n) is 23.7. The van der Waals surface area contributed by atoms with Gasteiger partial charge in [0.2, 0.25) is 0 Å². The Morgan fingerprint density at radius 1 is 0.905 bits per heavy atom. The number of rotatable bonds is 7. The summed E-state index contributed by atoms with van der Waals surface area (Å²) in [5, 5.41) is 3.68. The number of nitrogens with zero attached hydrogens (tertiary/aromatic N) is 4. The van der Waals surface area contributed by atoms with E-state index in [1.165, 1.54) is 31.9 Å². The monoisotopic (exact) mass is 555 g/mol. The van der Waals surface area contributed by atoms with Gasteiger partial charge in [0.15, 0.2) is 0 Å². The minimum atomic E-state index is -0.359. The number of anilines is 1. The maximum absolute atomic E-state index is 12.4. The summed E-state index contributed by atoms with van der Waals surface area (Å²) < 4.78 is 9.53. The molecule has 1 aliphatic rings. The highest BCUT2D eigenvalue weighted by molar-refractivity contribution is 5.95. The number of carbonyl (C=O) groups excluding carboxylic acids is 1. The van der Waals surface area contributed by atoms with E-state index in [1.54, 1.807) is 0 Å². The lowest BCUT2D eigenvalue weighted by Gasteiger charge is -2.25. The molecule has 210 valence electrons. The molecular formula is C35H33N5O2. The van der Waals surface area contributed by atoms with Crippen LogP contribution < -0.4 is 5.32 Å². The van der Waals surface area contributed by atoms with Crippen molar-refractivity contribution in [1.82, 2.24) is 18.9 Å². The number of esters is 1. The first-order valence-electron chi connectivity index (χ1n) is 14.7. The second-order valence-corrected chi connectivity index (χ2v) is 10.9. The third-order valence-corrected chi connectivity index (χ3v) is 8.29. The van der Waals surface area contributed by atoms with Crippen molar-refractivity contribution in [2.24, 2.45) is 0 Å². The normalized spacial score (nSPS) is 13.9. The number of benzene rings is 3. The molecule has 0 unspecified atom stereocenters. The number of aromatic nitrogens is 4. The van der Waals surface area contributed by atoms with Crippen molar-refractivity contribution in [3.05, 3.63) is 108 Å². The van der Waals surface area contributed by atoms with Crippen LogP contribution in [0.1, 0.15) is 54.1 Å². The molecule has 3 heterocycles. The molecule has 3 aromatic carbocycles. The van der Waals surface area contributed by atoms with Gasteiger partial charge in [0, 0.05) is 24.3 Å². The minimum Gasteiger partial charge on any atom is -0.465 e. The number of carbonyl (C=O) groups is 1. The molecule has 42 heavy (non-hydrogen) atoms. The van der Waals surface area contributed by atoms with Gasteiger partial charge in [0.25, 0.3) is 0 Å². The Labute approximate surface area is 244 Å². The fraction of sp³-hybridized carbons (Fsp3) is 0.229. The first-order chi connectivity index (χ1) is 20.7. The van der Waals surface area contributed by atoms with Gasteiger partial charge >= 0.3 is 5.97 Å². The lowest BCUT2D eigenvalue weighted by Crippen LogP contribution is -2.14. The lowest BCUT2D eigenvalue weighted by atomic mass is 9.95. The van der Waals surface area contributed by atoms with Gasteiger partial charge in [-0.05, 0) is 48.7 Å². The maximum atomic E-state index is 12.4. The highest BCUT2D eigenvalue weighted by Gasteiger charge is 2.26. The fourth-order valence-electron chi connectivity index (χ4n) is 6.23. The van der Waals surface area contributed by atoms with Crippen LogP contribution in [-0.4, -0.2) is 32.0 Å². The van der Waals surface area contributed by atoms with E-state index >= 15 is 0 Å². The number of imidazole rings is 2. The second kappa shape index (κ2) is 11.2. The SMILES string of the molecule is COC(=O)c1ccc2c(c1)nc(-c1cccn3c(NCc4ccccc4)c(-c4ccccc4)nc13)n2C1CCCCC1. The molecule has 0 atom stereocenters. The molecule has 0 radical (unpaired) electrons. The predicted molar refractivity (Wildman–Crippen MR) is 167 cm³/mol. The van der Waals surface area contributed by atoms with E-state index in [0.29, 0.717) is 18.2 Å². The summed E-state index contributed by atoms with van der Waals surface area (Å²) in [7, 11) is 1.41. The molecule has 1 saturated carbocycles. The van der Waals surface area contributed by atoms with Crippen LogP contribution in [0.5, 0.6) is 0 Å². The van der Waals surface area contributed by atoms with Gasteiger partial charge in [-0.25, -0.2) is 14.8 Å². The fourth-order valence-corrected chi connectivity index (χ4v) is 6.23. The minimum absolute atomic E-state index is 0.335. The van der Waals surface area contributed by atoms with Gasteiger partial charge in [-0.15, -0.1) is 0 Å². The zero-order valence-corrected chi connectivity index (χ0v) is 23.7. The summed E-state index contributed by atoms with van der Waals surface area (Å²) in [6.07, 6.45) is 7.93. The van der Waals surface area contributed by atoms with E-state index in [0.717, 1.165) is 58.0 Å². The Balaban J connectivity index is 1.43. The second-order valence-electron chi connectivity index (χ2n) is 10.9. The Morgan fingerprint density at radius 3 is 2.43 bits per heavy atom. The smallest absolute Gasteiger partial charge is 0.337 e. The molecule has 1 fully saturated rings. The van der Waals surface area contributed by atoms with E-state index < -0.39 is 0 Å². The molecule has 7 heteroatoms. The third-order valence-electron chi connectivity index (χ3n) is 8.29. The van der Waals surface area contributed by atoms with Gasteiger partial charge in [-0.3, -0.25) is 4.40 Å². The molecule has 1 N–H and O–H groups in total. The number of hydrogen-bond acceptors (Lipinski definition) is 5. The summed E-state index contributed by atoms with van der Waals surface area (Å²) in [4.78, 5) is 22.8. The number of nitrogens with one attached hydrogen (secondary N) is 1. The van der Waals surface area contributed by atoms with E-state index in [1.807, 2.05) is 42.5 Å². The Hall–Kier alpha value is -4.91. The quantitative estimate of drug-likeness (QED) is 0.203. The Bertz CT molecular complexity index is 1870. The van der Waals surface area contributed by atoms with Crippen molar-refractivity contribution in [2.75, 3.05) is 12.4 Å². The van der Waals surface area contributed by atoms with Crippen LogP contribution >= 0.6 is 0 Å². The molecular weight excluding hydrogens is 522 g/mol. The molecule has 7 nitrogen and oxygen atoms in total. The molecule has 0 bridgehead atoms. The largest absolute Gasteiger partial charge is 0.465 e. The Kier molecular flexibility index (Phi) is 6.92. The van der Waals surface area contributed by atoms with E-state index in [-0.39, 0.29) is 5.97 Å². The van der Waals surface area contributed by atoms with Crippen molar-refractivity contribution in [3.8, 4) is 22.6 Å². The molecule has 1 aliphatic carbocycles. The highest BCUT2D eigenvalue weighted by Crippen LogP contribution is 2.39. The summed E-state index contributed by atoms with van der Waals surface area (Å²) in [5.74, 6) is 1.46. The average molecular weight is 556 g/mol. The van der Waals surface area contributed by atoms with Crippen LogP contribution in [0.4, 0.5) is 5.82 Å². The van der Waals surface area contributed by atoms with Crippen molar-refractivity contribution >= 4 is 28.5 Å². The number of ether oxygens (including phenoxy) is 1. The van der Waals surface area contributed by atoms with E-state index in [4.69, 9.17) is 14.7 Å². The number of methoxy groups -OCH3 is 1. The molecule has 6 aromatic rings. The van der Waals surface area contributed by atoms with Crippen LogP contribution in [0.15, 0.2) is 97.2 Å². The number of pyridine rings is 1. The van der Waals surface area contributed by atoms with Gasteiger partial charge in [0.05, 0.1) is 29.3 Å². The maximum Gasteiger partial charge on any atom is 0.337 e. The van der Waals surface area contributed by atoms with Crippen LogP contribution in [-0.2, 0) is 11.3 Å². The molecule has 3 aromatic heterocycles. The van der Waals surface area contributed by atoms with Crippen molar-refractivity contribution in [2.45, 2.75) is 44.7 Å². The third kappa shape index (κ3) is 4.71. The first-order valence-corrected chi connectivity index (χ1v) is 14.7. The average Bonchev–Trinajstić information content (AvgIpc) is 3.63. The van der Waals surface area contributed by atoms with Crippen molar-refractivity contribution < 1.29 is 9.53 Å². The molecule has 0 saturated heterocycles. The molecule has 7 rings (SSSR count). The Morgan fingerprint density at radius 2 is 1.67 bits per heavy atom. The number of hydrogen-bond donors (Lipinski definition) is 1. The standard InChI is InChI=1S/C35H33N5O2/c1-42-35(41)26-19-20-30-29(22-26)37-33(40(30)27-16-9-4-10-17-27)28-18-11-21-39-32(28)38-31(25-14-7-3-8-15-25)34(39)36-23-24-12-5-2-6-13-24/h2-3,5-8,11-15,18-22,27,36H,4,9-10,16-17,23H2,1H3.